The van der Waals surface area contributed by atoms with Crippen LogP contribution in [-0.2, 0) is 25.5 Å². The zero-order valence-corrected chi connectivity index (χ0v) is 11.8. The van der Waals surface area contributed by atoms with Gasteiger partial charge in [0.1, 0.15) is 17.7 Å². The molecule has 120 valence electrons. The minimum Gasteiger partial charge on any atom is -0.480 e. The first kappa shape index (κ1) is 17.5. The van der Waals surface area contributed by atoms with Gasteiger partial charge in [-0.3, -0.25) is 9.59 Å². The molecule has 2 N–H and O–H groups in total. The molecule has 0 fully saturated rings. The van der Waals surface area contributed by atoms with E-state index in [4.69, 9.17) is 5.11 Å². The van der Waals surface area contributed by atoms with Crippen molar-refractivity contribution in [3.63, 3.8) is 0 Å². The van der Waals surface area contributed by atoms with E-state index in [9.17, 15) is 23.2 Å². The van der Waals surface area contributed by atoms with Gasteiger partial charge < -0.3 is 15.2 Å². The van der Waals surface area contributed by atoms with Gasteiger partial charge in [0.15, 0.2) is 0 Å². The molecule has 1 aromatic rings. The number of nitrogens with one attached hydrogen (secondary N) is 1. The van der Waals surface area contributed by atoms with E-state index in [1.54, 1.807) is 0 Å². The normalized spacial score (nSPS) is 11.6. The van der Waals surface area contributed by atoms with E-state index in [0.29, 0.717) is 6.07 Å². The second-order valence-corrected chi connectivity index (χ2v) is 4.49. The summed E-state index contributed by atoms with van der Waals surface area (Å²) in [6, 6.07) is 1.44. The van der Waals surface area contributed by atoms with Gasteiger partial charge >= 0.3 is 11.9 Å². The minimum atomic E-state index is -1.32. The van der Waals surface area contributed by atoms with Gasteiger partial charge in [-0.05, 0) is 18.1 Å². The van der Waals surface area contributed by atoms with Crippen molar-refractivity contribution in [3.8, 4) is 0 Å². The summed E-state index contributed by atoms with van der Waals surface area (Å²) in [4.78, 5) is 33.7. The number of aliphatic carboxylic acids is 1. The molecular formula is C14H15F2NO5. The Morgan fingerprint density at radius 2 is 2.00 bits per heavy atom. The quantitative estimate of drug-likeness (QED) is 0.733. The van der Waals surface area contributed by atoms with Crippen molar-refractivity contribution in [2.75, 3.05) is 7.11 Å². The maximum Gasteiger partial charge on any atom is 0.326 e. The summed E-state index contributed by atoms with van der Waals surface area (Å²) in [5.74, 6) is -4.34. The molecule has 6 nitrogen and oxygen atoms in total. The lowest BCUT2D eigenvalue weighted by molar-refractivity contribution is -0.144. The van der Waals surface area contributed by atoms with Crippen LogP contribution in [0, 0.1) is 11.6 Å². The van der Waals surface area contributed by atoms with Gasteiger partial charge in [0.25, 0.3) is 0 Å². The Kier molecular flexibility index (Phi) is 6.43. The molecule has 0 heterocycles. The molecule has 0 aliphatic rings. The van der Waals surface area contributed by atoms with Gasteiger partial charge in [-0.1, -0.05) is 6.07 Å². The maximum absolute atomic E-state index is 13.4. The molecule has 1 atom stereocenters. The highest BCUT2D eigenvalue weighted by Crippen LogP contribution is 2.10. The molecule has 0 aromatic heterocycles. The predicted molar refractivity (Wildman–Crippen MR) is 70.9 cm³/mol. The van der Waals surface area contributed by atoms with E-state index in [1.807, 2.05) is 0 Å². The average Bonchev–Trinajstić information content (AvgIpc) is 2.45. The number of hydrogen-bond donors (Lipinski definition) is 2. The summed E-state index contributed by atoms with van der Waals surface area (Å²) in [5.41, 5.74) is -0.0593. The van der Waals surface area contributed by atoms with Crippen molar-refractivity contribution >= 4 is 17.8 Å². The monoisotopic (exact) mass is 315 g/mol. The Morgan fingerprint density at radius 1 is 1.32 bits per heavy atom. The molecule has 0 aliphatic heterocycles. The van der Waals surface area contributed by atoms with Crippen LogP contribution in [0.1, 0.15) is 18.4 Å². The largest absolute Gasteiger partial charge is 0.480 e. The summed E-state index contributed by atoms with van der Waals surface area (Å²) in [5, 5.41) is 11.2. The minimum absolute atomic E-state index is 0.0593. The Labute approximate surface area is 125 Å². The van der Waals surface area contributed by atoms with Gasteiger partial charge in [-0.15, -0.1) is 0 Å². The highest BCUT2D eigenvalue weighted by atomic mass is 19.1. The highest BCUT2D eigenvalue weighted by Gasteiger charge is 2.21. The number of hydrogen-bond acceptors (Lipinski definition) is 4. The summed E-state index contributed by atoms with van der Waals surface area (Å²) in [6.45, 7) is 0. The molecule has 0 radical (unpaired) electrons. The van der Waals surface area contributed by atoms with Crippen LogP contribution in [0.25, 0.3) is 0 Å². The Morgan fingerprint density at radius 3 is 2.55 bits per heavy atom. The number of carboxylic acid groups (broad SMARTS) is 1. The van der Waals surface area contributed by atoms with Crippen LogP contribution in [0.15, 0.2) is 18.2 Å². The highest BCUT2D eigenvalue weighted by molar-refractivity contribution is 5.85. The van der Waals surface area contributed by atoms with Gasteiger partial charge in [-0.2, -0.15) is 0 Å². The van der Waals surface area contributed by atoms with E-state index >= 15 is 0 Å². The fourth-order valence-corrected chi connectivity index (χ4v) is 1.71. The third-order valence-corrected chi connectivity index (χ3v) is 2.86. The van der Waals surface area contributed by atoms with E-state index in [2.05, 4.69) is 10.1 Å². The van der Waals surface area contributed by atoms with E-state index < -0.39 is 41.9 Å². The van der Waals surface area contributed by atoms with Gasteiger partial charge in [0, 0.05) is 12.5 Å². The lowest BCUT2D eigenvalue weighted by atomic mass is 10.1. The predicted octanol–water partition coefficient (Wildman–Crippen LogP) is 1.03. The van der Waals surface area contributed by atoms with Crippen LogP contribution in [0.4, 0.5) is 8.78 Å². The third kappa shape index (κ3) is 5.47. The van der Waals surface area contributed by atoms with Crippen LogP contribution >= 0.6 is 0 Å². The van der Waals surface area contributed by atoms with Crippen LogP contribution < -0.4 is 5.32 Å². The van der Waals surface area contributed by atoms with Crippen molar-refractivity contribution in [3.05, 3.63) is 35.4 Å². The number of methoxy groups -OCH3 is 1. The zero-order chi connectivity index (χ0) is 16.7. The summed E-state index contributed by atoms with van der Waals surface area (Å²) in [7, 11) is 1.16. The molecule has 0 saturated heterocycles. The van der Waals surface area contributed by atoms with Crippen LogP contribution in [0.5, 0.6) is 0 Å². The van der Waals surface area contributed by atoms with Gasteiger partial charge in [0.05, 0.1) is 13.5 Å². The maximum atomic E-state index is 13.4. The van der Waals surface area contributed by atoms with Crippen LogP contribution in [0.3, 0.4) is 0 Å². The van der Waals surface area contributed by atoms with Gasteiger partial charge in [0.2, 0.25) is 5.91 Å². The molecule has 1 rings (SSSR count). The average molecular weight is 315 g/mol. The molecule has 8 heteroatoms. The topological polar surface area (TPSA) is 92.7 Å². The number of ether oxygens (including phenoxy) is 1. The molecule has 0 spiro atoms. The van der Waals surface area contributed by atoms with Crippen molar-refractivity contribution in [1.82, 2.24) is 5.32 Å². The number of rotatable bonds is 7. The second kappa shape index (κ2) is 8.06. The van der Waals surface area contributed by atoms with Crippen LogP contribution in [0.2, 0.25) is 0 Å². The first-order chi connectivity index (χ1) is 10.3. The van der Waals surface area contributed by atoms with E-state index in [1.165, 1.54) is 0 Å². The first-order valence-electron chi connectivity index (χ1n) is 6.36. The Bertz CT molecular complexity index is 576. The summed E-state index contributed by atoms with van der Waals surface area (Å²) < 4.78 is 30.5. The molecular weight excluding hydrogens is 300 g/mol. The van der Waals surface area contributed by atoms with Crippen LogP contribution in [-0.4, -0.2) is 36.1 Å². The number of amides is 1. The third-order valence-electron chi connectivity index (χ3n) is 2.86. The SMILES string of the molecule is COC(=O)CC[C@H](NC(=O)Cc1ccc(F)cc1F)C(=O)O. The number of esters is 1. The van der Waals surface area contributed by atoms with Crippen molar-refractivity contribution in [2.45, 2.75) is 25.3 Å². The summed E-state index contributed by atoms with van der Waals surface area (Å²) >= 11 is 0. The molecule has 0 saturated carbocycles. The fourth-order valence-electron chi connectivity index (χ4n) is 1.71. The van der Waals surface area contributed by atoms with Crippen molar-refractivity contribution < 1.29 is 33.0 Å². The van der Waals surface area contributed by atoms with Gasteiger partial charge in [-0.25, -0.2) is 13.6 Å². The smallest absolute Gasteiger partial charge is 0.326 e. The molecule has 1 amide bonds. The Hall–Kier alpha value is -2.51. The second-order valence-electron chi connectivity index (χ2n) is 4.49. The zero-order valence-electron chi connectivity index (χ0n) is 11.8. The Balaban J connectivity index is 2.63. The number of halogens is 2. The first-order valence-corrected chi connectivity index (χ1v) is 6.36. The standard InChI is InChI=1S/C14H15F2NO5/c1-22-13(19)5-4-11(14(20)21)17-12(18)6-8-2-3-9(15)7-10(8)16/h2-3,7,11H,4-6H2,1H3,(H,17,18)(H,20,21)/t11-/m0/s1. The fraction of sp³-hybridized carbons (Fsp3) is 0.357. The number of benzene rings is 1. The number of carbonyl (C=O) groups is 3. The van der Waals surface area contributed by atoms with Crippen molar-refractivity contribution in [1.29, 1.82) is 0 Å². The molecule has 22 heavy (non-hydrogen) atoms. The molecule has 0 aliphatic carbocycles. The molecule has 1 aromatic carbocycles. The van der Waals surface area contributed by atoms with E-state index in [-0.39, 0.29) is 18.4 Å². The lowest BCUT2D eigenvalue weighted by Crippen LogP contribution is -2.41. The number of carbonyl (C=O) groups excluding carboxylic acids is 2. The summed E-state index contributed by atoms with van der Waals surface area (Å²) in [6.07, 6.45) is -0.771. The van der Waals surface area contributed by atoms with E-state index in [0.717, 1.165) is 19.2 Å². The van der Waals surface area contributed by atoms with Crippen molar-refractivity contribution in [2.24, 2.45) is 0 Å². The number of carboxylic acids is 1. The lowest BCUT2D eigenvalue weighted by Gasteiger charge is -2.14. The molecule has 0 unspecified atom stereocenters. The molecule has 0 bridgehead atoms.